The number of hydrogen-bond acceptors (Lipinski definition) is 3. The fourth-order valence-corrected chi connectivity index (χ4v) is 2.44. The fraction of sp³-hybridized carbons (Fsp3) is 0.429. The molecule has 5 nitrogen and oxygen atoms in total. The number of amides is 1. The van der Waals surface area contributed by atoms with Crippen LogP contribution in [-0.2, 0) is 16.1 Å². The topological polar surface area (TPSA) is 60.9 Å². The fourth-order valence-electron chi connectivity index (χ4n) is 2.44. The van der Waals surface area contributed by atoms with E-state index in [9.17, 15) is 22.8 Å². The van der Waals surface area contributed by atoms with Crippen molar-refractivity contribution >= 4 is 11.9 Å². The van der Waals surface area contributed by atoms with E-state index in [-0.39, 0.29) is 19.6 Å². The number of rotatable bonds is 3. The molecule has 120 valence electrons. The molecule has 1 aliphatic heterocycles. The molecule has 1 amide bonds. The summed E-state index contributed by atoms with van der Waals surface area (Å²) in [6.07, 6.45) is -5.06. The summed E-state index contributed by atoms with van der Waals surface area (Å²) in [7, 11) is 0. The zero-order valence-corrected chi connectivity index (χ0v) is 11.6. The molecule has 0 aliphatic carbocycles. The van der Waals surface area contributed by atoms with Crippen LogP contribution < -0.4 is 0 Å². The van der Waals surface area contributed by atoms with Gasteiger partial charge in [0.2, 0.25) is 0 Å². The maximum absolute atomic E-state index is 12.5. The molecule has 0 bridgehead atoms. The summed E-state index contributed by atoms with van der Waals surface area (Å²) in [6, 6.07) is 7.70. The molecule has 1 aromatic carbocycles. The number of piperazine rings is 1. The van der Waals surface area contributed by atoms with Gasteiger partial charge < -0.3 is 10.0 Å². The number of nitrogens with zero attached hydrogens (tertiary/aromatic N) is 2. The molecular formula is C14H15F3N2O3. The second-order valence-electron chi connectivity index (χ2n) is 5.07. The molecule has 1 fully saturated rings. The van der Waals surface area contributed by atoms with Crippen LogP contribution in [0.5, 0.6) is 0 Å². The van der Waals surface area contributed by atoms with Crippen molar-refractivity contribution in [2.24, 2.45) is 0 Å². The molecular weight excluding hydrogens is 301 g/mol. The Morgan fingerprint density at radius 3 is 2.36 bits per heavy atom. The van der Waals surface area contributed by atoms with Gasteiger partial charge in [0.1, 0.15) is 6.04 Å². The standard InChI is InChI=1S/C14H15F3N2O3/c15-14(16,17)13(22)19-7-6-18(9-11(19)12(20)21)8-10-4-2-1-3-5-10/h1-5,11H,6-9H2,(H,20,21). The molecule has 1 unspecified atom stereocenters. The van der Waals surface area contributed by atoms with E-state index in [2.05, 4.69) is 0 Å². The van der Waals surface area contributed by atoms with Gasteiger partial charge in [0.25, 0.3) is 0 Å². The van der Waals surface area contributed by atoms with E-state index in [4.69, 9.17) is 5.11 Å². The summed E-state index contributed by atoms with van der Waals surface area (Å²) in [4.78, 5) is 24.6. The number of benzene rings is 1. The summed E-state index contributed by atoms with van der Waals surface area (Å²) in [5.74, 6) is -3.53. The van der Waals surface area contributed by atoms with Gasteiger partial charge >= 0.3 is 18.1 Å². The number of carbonyl (C=O) groups is 2. The Balaban J connectivity index is 2.08. The number of halogens is 3. The van der Waals surface area contributed by atoms with Crippen LogP contribution in [0.25, 0.3) is 0 Å². The van der Waals surface area contributed by atoms with Crippen LogP contribution in [0.3, 0.4) is 0 Å². The lowest BCUT2D eigenvalue weighted by molar-refractivity contribution is -0.192. The lowest BCUT2D eigenvalue weighted by atomic mass is 10.1. The van der Waals surface area contributed by atoms with Gasteiger partial charge in [0, 0.05) is 26.2 Å². The first-order valence-electron chi connectivity index (χ1n) is 6.66. The van der Waals surface area contributed by atoms with Crippen LogP contribution >= 0.6 is 0 Å². The monoisotopic (exact) mass is 316 g/mol. The first kappa shape index (κ1) is 16.3. The van der Waals surface area contributed by atoms with Crippen LogP contribution in [-0.4, -0.2) is 58.6 Å². The van der Waals surface area contributed by atoms with Gasteiger partial charge in [-0.3, -0.25) is 9.69 Å². The molecule has 0 aromatic heterocycles. The molecule has 1 aliphatic rings. The SMILES string of the molecule is O=C(O)C1CN(Cc2ccccc2)CCN1C(=O)C(F)(F)F. The molecule has 8 heteroatoms. The third-order valence-electron chi connectivity index (χ3n) is 3.50. The largest absolute Gasteiger partial charge is 0.480 e. The zero-order valence-electron chi connectivity index (χ0n) is 11.6. The van der Waals surface area contributed by atoms with Gasteiger partial charge in [0.05, 0.1) is 0 Å². The first-order chi connectivity index (χ1) is 10.3. The Bertz CT molecular complexity index is 548. The lowest BCUT2D eigenvalue weighted by Gasteiger charge is -2.39. The predicted molar refractivity (Wildman–Crippen MR) is 70.9 cm³/mol. The van der Waals surface area contributed by atoms with Gasteiger partial charge in [-0.1, -0.05) is 30.3 Å². The Morgan fingerprint density at radius 2 is 1.82 bits per heavy atom. The minimum absolute atomic E-state index is 0.133. The molecule has 1 atom stereocenters. The van der Waals surface area contributed by atoms with Gasteiger partial charge in [-0.15, -0.1) is 0 Å². The Hall–Kier alpha value is -2.09. The molecule has 22 heavy (non-hydrogen) atoms. The Labute approximate surface area is 124 Å². The Morgan fingerprint density at radius 1 is 1.18 bits per heavy atom. The van der Waals surface area contributed by atoms with Crippen LogP contribution in [0.2, 0.25) is 0 Å². The number of carbonyl (C=O) groups excluding carboxylic acids is 1. The van der Waals surface area contributed by atoms with Crippen molar-refractivity contribution in [3.05, 3.63) is 35.9 Å². The van der Waals surface area contributed by atoms with E-state index < -0.39 is 24.1 Å². The highest BCUT2D eigenvalue weighted by Crippen LogP contribution is 2.23. The summed E-state index contributed by atoms with van der Waals surface area (Å²) in [5, 5.41) is 9.12. The van der Waals surface area contributed by atoms with E-state index in [0.29, 0.717) is 11.4 Å². The average Bonchev–Trinajstić information content (AvgIpc) is 2.46. The van der Waals surface area contributed by atoms with Crippen LogP contribution in [0.15, 0.2) is 30.3 Å². The van der Waals surface area contributed by atoms with Gasteiger partial charge in [-0.05, 0) is 5.56 Å². The maximum Gasteiger partial charge on any atom is 0.471 e. The van der Waals surface area contributed by atoms with Crippen molar-refractivity contribution in [1.82, 2.24) is 9.80 Å². The summed E-state index contributed by atoms with van der Waals surface area (Å²) in [6.45, 7) is 0.230. The van der Waals surface area contributed by atoms with Gasteiger partial charge in [-0.25, -0.2) is 4.79 Å². The van der Waals surface area contributed by atoms with Crippen LogP contribution in [0.4, 0.5) is 13.2 Å². The van der Waals surface area contributed by atoms with Crippen molar-refractivity contribution < 1.29 is 27.9 Å². The lowest BCUT2D eigenvalue weighted by Crippen LogP contribution is -2.60. The minimum Gasteiger partial charge on any atom is -0.480 e. The number of aliphatic carboxylic acids is 1. The molecule has 0 saturated carbocycles. The third-order valence-corrected chi connectivity index (χ3v) is 3.50. The van der Waals surface area contributed by atoms with Gasteiger partial charge in [0.15, 0.2) is 0 Å². The molecule has 2 rings (SSSR count). The van der Waals surface area contributed by atoms with E-state index >= 15 is 0 Å². The maximum atomic E-state index is 12.5. The summed E-state index contributed by atoms with van der Waals surface area (Å²) >= 11 is 0. The predicted octanol–water partition coefficient (Wildman–Crippen LogP) is 1.35. The first-order valence-corrected chi connectivity index (χ1v) is 6.66. The average molecular weight is 316 g/mol. The Kier molecular flexibility index (Phi) is 4.70. The van der Waals surface area contributed by atoms with Crippen molar-refractivity contribution in [1.29, 1.82) is 0 Å². The van der Waals surface area contributed by atoms with Crippen molar-refractivity contribution in [2.75, 3.05) is 19.6 Å². The number of carboxylic acid groups (broad SMARTS) is 1. The number of alkyl halides is 3. The molecule has 1 N–H and O–H groups in total. The van der Waals surface area contributed by atoms with Crippen molar-refractivity contribution in [3.8, 4) is 0 Å². The minimum atomic E-state index is -5.06. The van der Waals surface area contributed by atoms with E-state index in [1.807, 2.05) is 30.3 Å². The van der Waals surface area contributed by atoms with Crippen molar-refractivity contribution in [2.45, 2.75) is 18.8 Å². The molecule has 1 saturated heterocycles. The summed E-state index contributed by atoms with van der Waals surface area (Å²) < 4.78 is 37.6. The van der Waals surface area contributed by atoms with Crippen molar-refractivity contribution in [3.63, 3.8) is 0 Å². The zero-order chi connectivity index (χ0) is 16.3. The molecule has 1 heterocycles. The quantitative estimate of drug-likeness (QED) is 0.914. The highest BCUT2D eigenvalue weighted by atomic mass is 19.4. The molecule has 0 radical (unpaired) electrons. The van der Waals surface area contributed by atoms with Crippen LogP contribution in [0, 0.1) is 0 Å². The van der Waals surface area contributed by atoms with E-state index in [1.165, 1.54) is 0 Å². The number of hydrogen-bond donors (Lipinski definition) is 1. The smallest absolute Gasteiger partial charge is 0.471 e. The number of carboxylic acids is 1. The van der Waals surface area contributed by atoms with Crippen LogP contribution in [0.1, 0.15) is 5.56 Å². The molecule has 0 spiro atoms. The van der Waals surface area contributed by atoms with Gasteiger partial charge in [-0.2, -0.15) is 13.2 Å². The second kappa shape index (κ2) is 6.35. The normalized spacial score (nSPS) is 20.0. The van der Waals surface area contributed by atoms with E-state index in [0.717, 1.165) is 5.56 Å². The summed E-state index contributed by atoms with van der Waals surface area (Å²) in [5.41, 5.74) is 0.933. The third kappa shape index (κ3) is 3.76. The molecule has 1 aromatic rings. The van der Waals surface area contributed by atoms with E-state index in [1.54, 1.807) is 4.90 Å². The highest BCUT2D eigenvalue weighted by molar-refractivity contribution is 5.87. The second-order valence-corrected chi connectivity index (χ2v) is 5.07. The highest BCUT2D eigenvalue weighted by Gasteiger charge is 2.47.